The number of esters is 1. The molecular weight excluding hydrogens is 198 g/mol. The molecule has 0 aliphatic carbocycles. The van der Waals surface area contributed by atoms with Crippen LogP contribution in [0.15, 0.2) is 11.8 Å². The SMILES string of the molecule is CCOC(=O)C=C(C)NCCCC(=O)O. The van der Waals surface area contributed by atoms with Gasteiger partial charge >= 0.3 is 11.9 Å². The molecule has 0 unspecified atom stereocenters. The molecule has 0 aliphatic rings. The molecule has 0 amide bonds. The second-order valence-corrected chi connectivity index (χ2v) is 3.00. The van der Waals surface area contributed by atoms with Gasteiger partial charge in [-0.15, -0.1) is 0 Å². The molecule has 86 valence electrons. The Morgan fingerprint density at radius 2 is 2.13 bits per heavy atom. The first-order valence-electron chi connectivity index (χ1n) is 4.87. The van der Waals surface area contributed by atoms with Crippen molar-refractivity contribution in [2.24, 2.45) is 0 Å². The van der Waals surface area contributed by atoms with E-state index in [0.29, 0.717) is 25.3 Å². The van der Waals surface area contributed by atoms with Gasteiger partial charge in [0.1, 0.15) is 0 Å². The van der Waals surface area contributed by atoms with Crippen LogP contribution in [-0.4, -0.2) is 30.2 Å². The van der Waals surface area contributed by atoms with E-state index in [1.807, 2.05) is 0 Å². The smallest absolute Gasteiger partial charge is 0.332 e. The van der Waals surface area contributed by atoms with Crippen LogP contribution in [0.4, 0.5) is 0 Å². The Bertz CT molecular complexity index is 248. The standard InChI is InChI=1S/C10H17NO4/c1-3-15-10(14)7-8(2)11-6-4-5-9(12)13/h7,11H,3-6H2,1-2H3,(H,12,13). The molecule has 0 aromatic heterocycles. The monoisotopic (exact) mass is 215 g/mol. The van der Waals surface area contributed by atoms with E-state index in [9.17, 15) is 9.59 Å². The lowest BCUT2D eigenvalue weighted by atomic mass is 10.3. The van der Waals surface area contributed by atoms with Crippen LogP contribution in [0.1, 0.15) is 26.7 Å². The van der Waals surface area contributed by atoms with Gasteiger partial charge in [0, 0.05) is 24.7 Å². The molecule has 0 aliphatic heterocycles. The minimum Gasteiger partial charge on any atom is -0.481 e. The summed E-state index contributed by atoms with van der Waals surface area (Å²) in [4.78, 5) is 21.2. The molecular formula is C10H17NO4. The maximum atomic E-state index is 11.0. The fraction of sp³-hybridized carbons (Fsp3) is 0.600. The topological polar surface area (TPSA) is 75.6 Å². The lowest BCUT2D eigenvalue weighted by Gasteiger charge is -2.04. The van der Waals surface area contributed by atoms with Crippen molar-refractivity contribution < 1.29 is 19.4 Å². The molecule has 5 nitrogen and oxygen atoms in total. The summed E-state index contributed by atoms with van der Waals surface area (Å²) < 4.78 is 4.71. The highest BCUT2D eigenvalue weighted by Crippen LogP contribution is 1.92. The first-order chi connectivity index (χ1) is 7.06. The zero-order valence-corrected chi connectivity index (χ0v) is 9.08. The Morgan fingerprint density at radius 1 is 1.47 bits per heavy atom. The first-order valence-corrected chi connectivity index (χ1v) is 4.87. The van der Waals surface area contributed by atoms with E-state index in [2.05, 4.69) is 5.32 Å². The number of ether oxygens (including phenoxy) is 1. The van der Waals surface area contributed by atoms with Gasteiger partial charge in [0.2, 0.25) is 0 Å². The second-order valence-electron chi connectivity index (χ2n) is 3.00. The van der Waals surface area contributed by atoms with E-state index in [0.717, 1.165) is 0 Å². The predicted octanol–water partition coefficient (Wildman–Crippen LogP) is 0.908. The van der Waals surface area contributed by atoms with Crippen LogP contribution in [0, 0.1) is 0 Å². The number of nitrogens with one attached hydrogen (secondary N) is 1. The summed E-state index contributed by atoms with van der Waals surface area (Å²) in [6.45, 7) is 4.36. The lowest BCUT2D eigenvalue weighted by molar-refractivity contribution is -0.138. The summed E-state index contributed by atoms with van der Waals surface area (Å²) in [6, 6.07) is 0. The minimum atomic E-state index is -0.816. The number of hydrogen-bond acceptors (Lipinski definition) is 4. The molecule has 0 saturated heterocycles. The Hall–Kier alpha value is -1.52. The molecule has 0 aromatic carbocycles. The van der Waals surface area contributed by atoms with Crippen molar-refractivity contribution in [1.82, 2.24) is 5.32 Å². The normalized spacial score (nSPS) is 10.9. The van der Waals surface area contributed by atoms with Crippen LogP contribution >= 0.6 is 0 Å². The molecule has 5 heteroatoms. The fourth-order valence-electron chi connectivity index (χ4n) is 0.937. The number of carboxylic acid groups (broad SMARTS) is 1. The van der Waals surface area contributed by atoms with Crippen molar-refractivity contribution >= 4 is 11.9 Å². The predicted molar refractivity (Wildman–Crippen MR) is 55.3 cm³/mol. The van der Waals surface area contributed by atoms with E-state index >= 15 is 0 Å². The third-order valence-corrected chi connectivity index (χ3v) is 1.59. The largest absolute Gasteiger partial charge is 0.481 e. The van der Waals surface area contributed by atoms with Crippen molar-refractivity contribution in [2.75, 3.05) is 13.2 Å². The van der Waals surface area contributed by atoms with Gasteiger partial charge in [0.05, 0.1) is 6.61 Å². The van der Waals surface area contributed by atoms with Crippen LogP contribution in [-0.2, 0) is 14.3 Å². The number of carbonyl (C=O) groups excluding carboxylic acids is 1. The second kappa shape index (κ2) is 7.84. The molecule has 0 atom stereocenters. The molecule has 0 saturated carbocycles. The summed E-state index contributed by atoms with van der Waals surface area (Å²) in [5.41, 5.74) is 0.679. The van der Waals surface area contributed by atoms with Crippen molar-refractivity contribution in [3.05, 3.63) is 11.8 Å². The molecule has 2 N–H and O–H groups in total. The number of rotatable bonds is 7. The Balaban J connectivity index is 3.68. The van der Waals surface area contributed by atoms with Gasteiger partial charge in [0.15, 0.2) is 0 Å². The number of allylic oxidation sites excluding steroid dienone is 1. The average molecular weight is 215 g/mol. The molecule has 0 spiro atoms. The minimum absolute atomic E-state index is 0.125. The van der Waals surface area contributed by atoms with Gasteiger partial charge in [-0.2, -0.15) is 0 Å². The van der Waals surface area contributed by atoms with Gasteiger partial charge in [-0.05, 0) is 20.3 Å². The van der Waals surface area contributed by atoms with Crippen LogP contribution < -0.4 is 5.32 Å². The first kappa shape index (κ1) is 13.5. The highest BCUT2D eigenvalue weighted by molar-refractivity contribution is 5.82. The summed E-state index contributed by atoms with van der Waals surface area (Å²) in [7, 11) is 0. The lowest BCUT2D eigenvalue weighted by Crippen LogP contribution is -2.15. The third kappa shape index (κ3) is 8.80. The van der Waals surface area contributed by atoms with Crippen LogP contribution in [0.5, 0.6) is 0 Å². The van der Waals surface area contributed by atoms with E-state index in [4.69, 9.17) is 9.84 Å². The molecule has 0 bridgehead atoms. The number of carboxylic acids is 1. The maximum absolute atomic E-state index is 11.0. The zero-order chi connectivity index (χ0) is 11.7. The zero-order valence-electron chi connectivity index (χ0n) is 9.08. The summed E-state index contributed by atoms with van der Waals surface area (Å²) in [5, 5.41) is 11.3. The van der Waals surface area contributed by atoms with E-state index < -0.39 is 5.97 Å². The maximum Gasteiger partial charge on any atom is 0.332 e. The van der Waals surface area contributed by atoms with Gasteiger partial charge < -0.3 is 15.2 Å². The molecule has 0 rings (SSSR count). The van der Waals surface area contributed by atoms with Crippen molar-refractivity contribution in [2.45, 2.75) is 26.7 Å². The van der Waals surface area contributed by atoms with E-state index in [1.165, 1.54) is 6.08 Å². The Morgan fingerprint density at radius 3 is 2.67 bits per heavy atom. The van der Waals surface area contributed by atoms with Gasteiger partial charge in [-0.3, -0.25) is 4.79 Å². The summed E-state index contributed by atoms with van der Waals surface area (Å²) >= 11 is 0. The van der Waals surface area contributed by atoms with E-state index in [-0.39, 0.29) is 12.4 Å². The van der Waals surface area contributed by atoms with Crippen molar-refractivity contribution in [3.63, 3.8) is 0 Å². The molecule has 0 fully saturated rings. The van der Waals surface area contributed by atoms with Gasteiger partial charge in [0.25, 0.3) is 0 Å². The Labute approximate surface area is 89.1 Å². The van der Waals surface area contributed by atoms with Crippen LogP contribution in [0.2, 0.25) is 0 Å². The van der Waals surface area contributed by atoms with Gasteiger partial charge in [-0.25, -0.2) is 4.79 Å². The average Bonchev–Trinajstić information content (AvgIpc) is 2.12. The molecule has 0 radical (unpaired) electrons. The molecule has 0 heterocycles. The molecule has 0 aromatic rings. The van der Waals surface area contributed by atoms with Crippen LogP contribution in [0.25, 0.3) is 0 Å². The quantitative estimate of drug-likeness (QED) is 0.375. The fourth-order valence-corrected chi connectivity index (χ4v) is 0.937. The van der Waals surface area contributed by atoms with E-state index in [1.54, 1.807) is 13.8 Å². The van der Waals surface area contributed by atoms with Crippen molar-refractivity contribution in [3.8, 4) is 0 Å². The summed E-state index contributed by atoms with van der Waals surface area (Å²) in [5.74, 6) is -1.20. The van der Waals surface area contributed by atoms with Crippen molar-refractivity contribution in [1.29, 1.82) is 0 Å². The number of carbonyl (C=O) groups is 2. The number of hydrogen-bond donors (Lipinski definition) is 2. The third-order valence-electron chi connectivity index (χ3n) is 1.59. The van der Waals surface area contributed by atoms with Crippen LogP contribution in [0.3, 0.4) is 0 Å². The highest BCUT2D eigenvalue weighted by atomic mass is 16.5. The highest BCUT2D eigenvalue weighted by Gasteiger charge is 1.98. The van der Waals surface area contributed by atoms with Gasteiger partial charge in [-0.1, -0.05) is 0 Å². The summed E-state index contributed by atoms with van der Waals surface area (Å²) in [6.07, 6.45) is 2.01. The number of aliphatic carboxylic acids is 1. The molecule has 15 heavy (non-hydrogen) atoms. The Kier molecular flexibility index (Phi) is 7.05.